The van der Waals surface area contributed by atoms with Crippen LogP contribution >= 0.6 is 11.6 Å². The van der Waals surface area contributed by atoms with Crippen molar-refractivity contribution in [1.82, 2.24) is 19.9 Å². The van der Waals surface area contributed by atoms with Gasteiger partial charge in [-0.15, -0.1) is 0 Å². The number of benzene rings is 1. The number of pyridine rings is 1. The summed E-state index contributed by atoms with van der Waals surface area (Å²) >= 11 is 6.84. The second kappa shape index (κ2) is 9.51. The van der Waals surface area contributed by atoms with E-state index in [1.54, 1.807) is 13.8 Å². The molecule has 10 heteroatoms. The van der Waals surface area contributed by atoms with Crippen LogP contribution < -0.4 is 15.1 Å². The summed E-state index contributed by atoms with van der Waals surface area (Å²) in [6.07, 6.45) is 3.91. The number of fused-ring (bicyclic) bond motifs is 5. The van der Waals surface area contributed by atoms with Crippen molar-refractivity contribution < 1.29 is 9.84 Å². The second-order valence-electron chi connectivity index (χ2n) is 13.9. The minimum atomic E-state index is -1.06. The first-order chi connectivity index (χ1) is 19.8. The molecule has 3 fully saturated rings. The van der Waals surface area contributed by atoms with E-state index in [1.807, 2.05) is 30.5 Å². The third-order valence-corrected chi connectivity index (χ3v) is 10.0. The zero-order chi connectivity index (χ0) is 29.6. The summed E-state index contributed by atoms with van der Waals surface area (Å²) in [5.74, 6) is 2.05. The lowest BCUT2D eigenvalue weighted by Crippen LogP contribution is -2.54. The van der Waals surface area contributed by atoms with E-state index in [4.69, 9.17) is 31.3 Å². The van der Waals surface area contributed by atoms with Gasteiger partial charge in [0.1, 0.15) is 17.2 Å². The van der Waals surface area contributed by atoms with Crippen molar-refractivity contribution in [3.05, 3.63) is 58.9 Å². The minimum Gasteiger partial charge on any atom is -0.384 e. The van der Waals surface area contributed by atoms with Gasteiger partial charge in [-0.2, -0.15) is 4.98 Å². The molecule has 0 spiro atoms. The number of hydrogen-bond acceptors (Lipinski definition) is 9. The molecule has 9 nitrogen and oxygen atoms in total. The highest BCUT2D eigenvalue weighted by atomic mass is 35.5. The first-order valence-corrected chi connectivity index (χ1v) is 15.2. The molecule has 0 saturated carbocycles. The van der Waals surface area contributed by atoms with Crippen molar-refractivity contribution in [3.63, 3.8) is 0 Å². The van der Waals surface area contributed by atoms with Crippen molar-refractivity contribution >= 4 is 40.6 Å². The van der Waals surface area contributed by atoms with E-state index < -0.39 is 5.60 Å². The number of nitrogens with zero attached hydrogens (tertiary/aromatic N) is 6. The van der Waals surface area contributed by atoms with E-state index in [9.17, 15) is 5.11 Å². The van der Waals surface area contributed by atoms with E-state index in [1.165, 1.54) is 6.42 Å². The van der Waals surface area contributed by atoms with Crippen LogP contribution in [0.1, 0.15) is 58.7 Å². The largest absolute Gasteiger partial charge is 0.384 e. The summed E-state index contributed by atoms with van der Waals surface area (Å²) in [4.78, 5) is 21.8. The zero-order valence-electron chi connectivity index (χ0n) is 25.2. The number of aromatic nitrogens is 3. The molecule has 4 aliphatic heterocycles. The quantitative estimate of drug-likeness (QED) is 0.408. The van der Waals surface area contributed by atoms with Gasteiger partial charge in [0.05, 0.1) is 34.7 Å². The van der Waals surface area contributed by atoms with Gasteiger partial charge in [0.2, 0.25) is 5.95 Å². The molecule has 4 aliphatic rings. The lowest BCUT2D eigenvalue weighted by atomic mass is 9.73. The third-order valence-electron chi connectivity index (χ3n) is 9.74. The Morgan fingerprint density at radius 1 is 1.10 bits per heavy atom. The Balaban J connectivity index is 1.22. The van der Waals surface area contributed by atoms with Crippen molar-refractivity contribution in [2.45, 2.75) is 82.2 Å². The molecule has 1 unspecified atom stereocenters. The number of anilines is 5. The van der Waals surface area contributed by atoms with Gasteiger partial charge in [-0.1, -0.05) is 24.6 Å². The molecule has 2 bridgehead atoms. The summed E-state index contributed by atoms with van der Waals surface area (Å²) in [5, 5.41) is 14.9. The topological polar surface area (TPSA) is 89.9 Å². The third kappa shape index (κ3) is 4.53. The van der Waals surface area contributed by atoms with E-state index in [-0.39, 0.29) is 17.1 Å². The van der Waals surface area contributed by atoms with Gasteiger partial charge in [-0.3, -0.25) is 4.90 Å². The van der Waals surface area contributed by atoms with Crippen molar-refractivity contribution in [3.8, 4) is 0 Å². The maximum atomic E-state index is 10.7. The number of rotatable bonds is 5. The minimum absolute atomic E-state index is 0.0638. The summed E-state index contributed by atoms with van der Waals surface area (Å²) in [6, 6.07) is 13.1. The summed E-state index contributed by atoms with van der Waals surface area (Å²) in [7, 11) is 2.21. The summed E-state index contributed by atoms with van der Waals surface area (Å²) in [6.45, 7) is 12.6. The predicted octanol–water partition coefficient (Wildman–Crippen LogP) is 5.37. The van der Waals surface area contributed by atoms with E-state index in [2.05, 4.69) is 60.0 Å². The average Bonchev–Trinajstić information content (AvgIpc) is 3.57. The Bertz CT molecular complexity index is 1540. The molecule has 0 amide bonds. The van der Waals surface area contributed by atoms with Crippen LogP contribution in [0.15, 0.2) is 42.6 Å². The fraction of sp³-hybridized carbons (Fsp3) is 0.531. The van der Waals surface area contributed by atoms with Crippen molar-refractivity contribution in [1.29, 1.82) is 0 Å². The maximum absolute atomic E-state index is 10.7. The van der Waals surface area contributed by atoms with Crippen LogP contribution in [0.5, 0.6) is 0 Å². The molecule has 222 valence electrons. The maximum Gasteiger partial charge on any atom is 0.229 e. The smallest absolute Gasteiger partial charge is 0.229 e. The Hall–Kier alpha value is -2.98. The lowest BCUT2D eigenvalue weighted by Gasteiger charge is -2.46. The fourth-order valence-electron chi connectivity index (χ4n) is 7.27. The molecule has 42 heavy (non-hydrogen) atoms. The number of hydrogen-bond donors (Lipinski definition) is 2. The fourth-order valence-corrected chi connectivity index (χ4v) is 7.56. The van der Waals surface area contributed by atoms with Gasteiger partial charge in [0.25, 0.3) is 0 Å². The first-order valence-electron chi connectivity index (χ1n) is 14.9. The monoisotopic (exact) mass is 589 g/mol. The van der Waals surface area contributed by atoms with E-state index in [0.29, 0.717) is 30.3 Å². The SMILES string of the molecule is CN1CC2C[C@@H]1CN2c1ccc(Nc2ncc3c(n2)N(c2cccc(C(C)(C)O)n2)[C@H]2CC(C)(C)OC[C@@]32C)cc1Cl. The standard InChI is InChI=1S/C32H40ClN7O2/c1-30(2)14-26-32(5,18-42-30)22-15-34-29(37-28(22)40(26)27-9-7-8-25(36-27)31(3,4)41)35-19-10-11-24(23(33)12-19)39-17-20-13-21(39)16-38(20)6/h7-12,15,20-21,26,41H,13-14,16-18H2,1-6H3,(H,34,35,37)/t20-,21?,26+,32+/m1/s1. The van der Waals surface area contributed by atoms with Gasteiger partial charge in [-0.25, -0.2) is 9.97 Å². The molecule has 2 N–H and O–H groups in total. The molecule has 1 aromatic carbocycles. The molecule has 7 rings (SSSR count). The van der Waals surface area contributed by atoms with Gasteiger partial charge >= 0.3 is 0 Å². The molecular formula is C32H40ClN7O2. The average molecular weight is 590 g/mol. The van der Waals surface area contributed by atoms with Crippen LogP contribution in [0.3, 0.4) is 0 Å². The molecule has 3 aromatic rings. The van der Waals surface area contributed by atoms with Gasteiger partial charge in [0.15, 0.2) is 0 Å². The normalized spacial score (nSPS) is 28.2. The van der Waals surface area contributed by atoms with Crippen molar-refractivity contribution in [2.75, 3.05) is 41.9 Å². The predicted molar refractivity (Wildman–Crippen MR) is 166 cm³/mol. The number of likely N-dealkylation sites (tertiary alicyclic amines) is 1. The number of likely N-dealkylation sites (N-methyl/N-ethyl adjacent to an activating group) is 1. The van der Waals surface area contributed by atoms with Crippen LogP contribution in [0.25, 0.3) is 0 Å². The molecule has 0 radical (unpaired) electrons. The highest BCUT2D eigenvalue weighted by Crippen LogP contribution is 2.53. The van der Waals surface area contributed by atoms with Crippen LogP contribution in [0, 0.1) is 0 Å². The van der Waals surface area contributed by atoms with Crippen LogP contribution in [-0.2, 0) is 15.8 Å². The molecule has 4 atom stereocenters. The van der Waals surface area contributed by atoms with Gasteiger partial charge in [0, 0.05) is 48.0 Å². The summed E-state index contributed by atoms with van der Waals surface area (Å²) < 4.78 is 6.34. The Morgan fingerprint density at radius 3 is 2.60 bits per heavy atom. The summed E-state index contributed by atoms with van der Waals surface area (Å²) in [5.41, 5.74) is 1.89. The number of halogens is 1. The van der Waals surface area contributed by atoms with E-state index in [0.717, 1.165) is 53.1 Å². The molecule has 2 aromatic heterocycles. The number of piperazine rings is 1. The van der Waals surface area contributed by atoms with Crippen LogP contribution in [0.2, 0.25) is 5.02 Å². The van der Waals surface area contributed by atoms with Crippen molar-refractivity contribution in [2.24, 2.45) is 0 Å². The number of aliphatic hydroxyl groups is 1. The Labute approximate surface area is 252 Å². The number of nitrogens with one attached hydrogen (secondary N) is 1. The van der Waals surface area contributed by atoms with Gasteiger partial charge < -0.3 is 25.0 Å². The van der Waals surface area contributed by atoms with E-state index >= 15 is 0 Å². The van der Waals surface area contributed by atoms with Crippen LogP contribution in [0.4, 0.5) is 29.0 Å². The first kappa shape index (κ1) is 27.8. The second-order valence-corrected chi connectivity index (χ2v) is 14.3. The Morgan fingerprint density at radius 2 is 1.90 bits per heavy atom. The zero-order valence-corrected chi connectivity index (χ0v) is 26.0. The van der Waals surface area contributed by atoms with Gasteiger partial charge in [-0.05, 0) is 77.9 Å². The Kier molecular flexibility index (Phi) is 6.30. The molecule has 6 heterocycles. The highest BCUT2D eigenvalue weighted by Gasteiger charge is 2.55. The molecule has 0 aliphatic carbocycles. The van der Waals surface area contributed by atoms with Crippen LogP contribution in [-0.4, -0.2) is 75.4 Å². The molecular weight excluding hydrogens is 550 g/mol. The molecule has 3 saturated heterocycles. The number of ether oxygens (including phenoxy) is 1. The lowest BCUT2D eigenvalue weighted by molar-refractivity contribution is -0.0893. The highest BCUT2D eigenvalue weighted by molar-refractivity contribution is 6.33.